The Morgan fingerprint density at radius 3 is 2.79 bits per heavy atom. The molecule has 0 fully saturated rings. The maximum absolute atomic E-state index is 4.29. The quantitative estimate of drug-likeness (QED) is 0.750. The van der Waals surface area contributed by atoms with Crippen molar-refractivity contribution in [1.82, 2.24) is 9.78 Å². The molecular weight excluding hydrogens is 240 g/mol. The van der Waals surface area contributed by atoms with E-state index in [4.69, 9.17) is 0 Å². The molecule has 0 atom stereocenters. The third kappa shape index (κ3) is 1.73. The molecule has 1 aromatic carbocycles. The monoisotopic (exact) mass is 250 g/mol. The topological polar surface area (TPSA) is 17.8 Å². The Hall–Kier alpha value is -1.09. The minimum Gasteiger partial charge on any atom is -0.240 e. The zero-order valence-corrected chi connectivity index (χ0v) is 9.53. The van der Waals surface area contributed by atoms with Gasteiger partial charge in [-0.25, -0.2) is 4.68 Å². The van der Waals surface area contributed by atoms with E-state index in [1.807, 2.05) is 36.1 Å². The average Bonchev–Trinajstić information content (AvgIpc) is 2.65. The van der Waals surface area contributed by atoms with Crippen LogP contribution in [0.3, 0.4) is 0 Å². The number of alkyl halides is 1. The van der Waals surface area contributed by atoms with Gasteiger partial charge < -0.3 is 0 Å². The number of halogens is 1. The number of rotatable bonds is 2. The van der Waals surface area contributed by atoms with Gasteiger partial charge >= 0.3 is 0 Å². The Morgan fingerprint density at radius 2 is 2.14 bits per heavy atom. The van der Waals surface area contributed by atoms with E-state index in [0.717, 1.165) is 11.0 Å². The minimum absolute atomic E-state index is 0.849. The molecule has 3 heteroatoms. The molecule has 1 heterocycles. The lowest BCUT2D eigenvalue weighted by atomic mass is 10.2. The molecule has 0 spiro atoms. The number of benzene rings is 1. The lowest BCUT2D eigenvalue weighted by Gasteiger charge is -2.05. The second-order valence-electron chi connectivity index (χ2n) is 3.22. The molecule has 2 rings (SSSR count). The summed E-state index contributed by atoms with van der Waals surface area (Å²) < 4.78 is 1.91. The highest BCUT2D eigenvalue weighted by Crippen LogP contribution is 2.16. The van der Waals surface area contributed by atoms with E-state index in [9.17, 15) is 0 Å². The van der Waals surface area contributed by atoms with Gasteiger partial charge in [0.05, 0.1) is 11.9 Å². The molecule has 0 aliphatic heterocycles. The first-order valence-electron chi connectivity index (χ1n) is 4.47. The van der Waals surface area contributed by atoms with Gasteiger partial charge in [-0.1, -0.05) is 34.1 Å². The summed E-state index contributed by atoms with van der Waals surface area (Å²) in [5.74, 6) is 0. The molecule has 0 radical (unpaired) electrons. The first-order chi connectivity index (χ1) is 6.81. The highest BCUT2D eigenvalue weighted by Gasteiger charge is 2.02. The van der Waals surface area contributed by atoms with E-state index in [1.54, 1.807) is 0 Å². The second-order valence-corrected chi connectivity index (χ2v) is 3.79. The summed E-state index contributed by atoms with van der Waals surface area (Å²) in [4.78, 5) is 0. The number of para-hydroxylation sites is 1. The maximum atomic E-state index is 4.29. The van der Waals surface area contributed by atoms with Crippen molar-refractivity contribution in [2.75, 3.05) is 0 Å². The van der Waals surface area contributed by atoms with E-state index in [0.29, 0.717) is 0 Å². The highest BCUT2D eigenvalue weighted by atomic mass is 79.9. The molecule has 72 valence electrons. The molecule has 14 heavy (non-hydrogen) atoms. The van der Waals surface area contributed by atoms with Crippen LogP contribution in [0.4, 0.5) is 0 Å². The van der Waals surface area contributed by atoms with Crippen LogP contribution in [-0.2, 0) is 5.33 Å². The fourth-order valence-corrected chi connectivity index (χ4v) is 1.87. The lowest BCUT2D eigenvalue weighted by Crippen LogP contribution is -1.97. The fraction of sp³-hybridized carbons (Fsp3) is 0.182. The predicted molar refractivity (Wildman–Crippen MR) is 60.9 cm³/mol. The van der Waals surface area contributed by atoms with Crippen LogP contribution >= 0.6 is 15.9 Å². The van der Waals surface area contributed by atoms with Crippen molar-refractivity contribution in [3.05, 3.63) is 47.8 Å². The molecule has 2 nitrogen and oxygen atoms in total. The van der Waals surface area contributed by atoms with Crippen LogP contribution < -0.4 is 0 Å². The van der Waals surface area contributed by atoms with Gasteiger partial charge in [-0.05, 0) is 24.1 Å². The van der Waals surface area contributed by atoms with E-state index in [2.05, 4.69) is 33.2 Å². The summed E-state index contributed by atoms with van der Waals surface area (Å²) in [5, 5.41) is 5.14. The van der Waals surface area contributed by atoms with E-state index < -0.39 is 0 Å². The Morgan fingerprint density at radius 1 is 1.36 bits per heavy atom. The number of nitrogens with zero attached hydrogens (tertiary/aromatic N) is 2. The minimum atomic E-state index is 0.849. The predicted octanol–water partition coefficient (Wildman–Crippen LogP) is 3.08. The van der Waals surface area contributed by atoms with Crippen LogP contribution in [0.5, 0.6) is 0 Å². The van der Waals surface area contributed by atoms with Gasteiger partial charge in [0.25, 0.3) is 0 Å². The Bertz CT molecular complexity index is 434. The average molecular weight is 251 g/mol. The first-order valence-corrected chi connectivity index (χ1v) is 5.59. The number of aromatic nitrogens is 2. The zero-order valence-electron chi connectivity index (χ0n) is 7.94. The lowest BCUT2D eigenvalue weighted by molar-refractivity contribution is 0.871. The highest BCUT2D eigenvalue weighted by molar-refractivity contribution is 9.08. The molecule has 0 unspecified atom stereocenters. The largest absolute Gasteiger partial charge is 0.240 e. The summed E-state index contributed by atoms with van der Waals surface area (Å²) in [5.41, 5.74) is 3.56. The fourth-order valence-electron chi connectivity index (χ4n) is 1.39. The van der Waals surface area contributed by atoms with Crippen molar-refractivity contribution in [3.8, 4) is 5.69 Å². The molecule has 0 aliphatic carbocycles. The molecular formula is C11H11BrN2. The van der Waals surface area contributed by atoms with Crippen LogP contribution in [0.2, 0.25) is 0 Å². The molecule has 0 N–H and O–H groups in total. The normalized spacial score (nSPS) is 10.4. The van der Waals surface area contributed by atoms with E-state index >= 15 is 0 Å². The second kappa shape index (κ2) is 3.96. The van der Waals surface area contributed by atoms with Crippen molar-refractivity contribution >= 4 is 15.9 Å². The molecule has 1 aromatic heterocycles. The Balaban J connectivity index is 2.50. The summed E-state index contributed by atoms with van der Waals surface area (Å²) in [6.07, 6.45) is 3.90. The molecule has 0 saturated carbocycles. The maximum Gasteiger partial charge on any atom is 0.0686 e. The molecule has 0 bridgehead atoms. The third-order valence-corrected chi connectivity index (χ3v) is 2.70. The number of aryl methyl sites for hydroxylation is 1. The molecule has 2 aromatic rings. The smallest absolute Gasteiger partial charge is 0.0686 e. The summed E-state index contributed by atoms with van der Waals surface area (Å²) in [6.45, 7) is 2.04. The van der Waals surface area contributed by atoms with Crippen LogP contribution in [0.1, 0.15) is 11.1 Å². The summed E-state index contributed by atoms with van der Waals surface area (Å²) in [6, 6.07) is 8.24. The number of hydrogen-bond donors (Lipinski definition) is 0. The van der Waals surface area contributed by atoms with Gasteiger partial charge in [-0.2, -0.15) is 5.10 Å². The van der Waals surface area contributed by atoms with Crippen molar-refractivity contribution < 1.29 is 0 Å². The van der Waals surface area contributed by atoms with E-state index in [-0.39, 0.29) is 0 Å². The van der Waals surface area contributed by atoms with Crippen LogP contribution in [0.25, 0.3) is 5.69 Å². The summed E-state index contributed by atoms with van der Waals surface area (Å²) >= 11 is 3.47. The standard InChI is InChI=1S/C11H11BrN2/c1-9-7-13-14(8-9)11-5-3-2-4-10(11)6-12/h2-5,7-8H,6H2,1H3. The zero-order chi connectivity index (χ0) is 9.97. The van der Waals surface area contributed by atoms with Gasteiger partial charge in [0.1, 0.15) is 0 Å². The van der Waals surface area contributed by atoms with Crippen molar-refractivity contribution in [1.29, 1.82) is 0 Å². The van der Waals surface area contributed by atoms with E-state index in [1.165, 1.54) is 11.1 Å². The molecule has 0 saturated heterocycles. The SMILES string of the molecule is Cc1cnn(-c2ccccc2CBr)c1. The molecule has 0 amide bonds. The Kier molecular flexibility index (Phi) is 2.68. The van der Waals surface area contributed by atoms with Crippen LogP contribution in [0, 0.1) is 6.92 Å². The van der Waals surface area contributed by atoms with Gasteiger partial charge in [-0.3, -0.25) is 0 Å². The molecule has 0 aliphatic rings. The van der Waals surface area contributed by atoms with Crippen molar-refractivity contribution in [2.45, 2.75) is 12.3 Å². The van der Waals surface area contributed by atoms with Gasteiger partial charge in [0, 0.05) is 11.5 Å². The van der Waals surface area contributed by atoms with Crippen molar-refractivity contribution in [3.63, 3.8) is 0 Å². The van der Waals surface area contributed by atoms with Crippen molar-refractivity contribution in [2.24, 2.45) is 0 Å². The van der Waals surface area contributed by atoms with Crippen LogP contribution in [-0.4, -0.2) is 9.78 Å². The van der Waals surface area contributed by atoms with Crippen LogP contribution in [0.15, 0.2) is 36.7 Å². The Labute approximate surface area is 91.7 Å². The van der Waals surface area contributed by atoms with Gasteiger partial charge in [0.15, 0.2) is 0 Å². The third-order valence-electron chi connectivity index (χ3n) is 2.09. The first kappa shape index (κ1) is 9.46. The van der Waals surface area contributed by atoms with Gasteiger partial charge in [0.2, 0.25) is 0 Å². The summed E-state index contributed by atoms with van der Waals surface area (Å²) in [7, 11) is 0. The van der Waals surface area contributed by atoms with Gasteiger partial charge in [-0.15, -0.1) is 0 Å². The number of hydrogen-bond acceptors (Lipinski definition) is 1.